The second kappa shape index (κ2) is 8.52. The Balaban J connectivity index is 2.05. The van der Waals surface area contributed by atoms with Crippen molar-refractivity contribution in [3.8, 4) is 0 Å². The third-order valence-corrected chi connectivity index (χ3v) is 8.68. The first-order chi connectivity index (χ1) is 13.7. The number of hydrogen-bond acceptors (Lipinski definition) is 3. The molecule has 0 N–H and O–H groups in total. The van der Waals surface area contributed by atoms with Crippen LogP contribution in [-0.4, -0.2) is 14.2 Å². The second-order valence-corrected chi connectivity index (χ2v) is 10.5. The lowest BCUT2D eigenvalue weighted by Crippen LogP contribution is -2.40. The largest absolute Gasteiger partial charge is 0.300 e. The zero-order chi connectivity index (χ0) is 21.2. The second-order valence-electron chi connectivity index (χ2n) is 7.76. The van der Waals surface area contributed by atoms with Crippen molar-refractivity contribution in [2.75, 3.05) is 0 Å². The van der Waals surface area contributed by atoms with Gasteiger partial charge >= 0.3 is 0 Å². The van der Waals surface area contributed by atoms with Crippen LogP contribution >= 0.6 is 11.6 Å². The van der Waals surface area contributed by atoms with Gasteiger partial charge in [-0.05, 0) is 87.4 Å². The Hall–Kier alpha value is -1.79. The van der Waals surface area contributed by atoms with Gasteiger partial charge in [-0.2, -0.15) is 0 Å². The standard InChI is InChI=1S/C22H23ClF2O3S/c1-15(26)2-3-16-10-12-22(13-11-16,20-14-18(24)6-9-21(20)25)29(27,28)19-7-4-17(23)5-8-19/h4-9,14,16H,2-3,10-13H2,1H3. The van der Waals surface area contributed by atoms with Crippen LogP contribution in [0.15, 0.2) is 47.4 Å². The van der Waals surface area contributed by atoms with Crippen molar-refractivity contribution in [3.05, 3.63) is 64.7 Å². The lowest BCUT2D eigenvalue weighted by molar-refractivity contribution is -0.117. The normalized spacial score (nSPS) is 22.4. The van der Waals surface area contributed by atoms with Crippen molar-refractivity contribution >= 4 is 27.2 Å². The fourth-order valence-electron chi connectivity index (χ4n) is 4.21. The molecular formula is C22H23ClF2O3S. The summed E-state index contributed by atoms with van der Waals surface area (Å²) in [6.45, 7) is 1.53. The lowest BCUT2D eigenvalue weighted by atomic mass is 9.76. The summed E-state index contributed by atoms with van der Waals surface area (Å²) in [4.78, 5) is 11.3. The van der Waals surface area contributed by atoms with Crippen LogP contribution in [0.4, 0.5) is 8.78 Å². The van der Waals surface area contributed by atoms with E-state index in [0.29, 0.717) is 30.7 Å². The molecule has 1 saturated carbocycles. The van der Waals surface area contributed by atoms with Crippen molar-refractivity contribution < 1.29 is 22.0 Å². The molecule has 29 heavy (non-hydrogen) atoms. The van der Waals surface area contributed by atoms with Gasteiger partial charge in [-0.25, -0.2) is 17.2 Å². The molecule has 0 aromatic heterocycles. The highest BCUT2D eigenvalue weighted by Crippen LogP contribution is 2.50. The molecule has 0 heterocycles. The number of halogens is 3. The predicted octanol–water partition coefficient (Wildman–Crippen LogP) is 5.85. The molecule has 1 aliphatic carbocycles. The third kappa shape index (κ3) is 4.38. The third-order valence-electron chi connectivity index (χ3n) is 5.88. The van der Waals surface area contributed by atoms with Gasteiger partial charge in [0.05, 0.1) is 4.90 Å². The number of carbonyl (C=O) groups is 1. The fourth-order valence-corrected chi connectivity index (χ4v) is 6.50. The van der Waals surface area contributed by atoms with Crippen LogP contribution in [0.5, 0.6) is 0 Å². The van der Waals surface area contributed by atoms with Crippen LogP contribution in [0.25, 0.3) is 0 Å². The van der Waals surface area contributed by atoms with Crippen LogP contribution in [0.1, 0.15) is 51.0 Å². The van der Waals surface area contributed by atoms with Crippen LogP contribution < -0.4 is 0 Å². The zero-order valence-corrected chi connectivity index (χ0v) is 17.7. The highest BCUT2D eigenvalue weighted by Gasteiger charge is 2.49. The van der Waals surface area contributed by atoms with E-state index in [1.54, 1.807) is 0 Å². The minimum Gasteiger partial charge on any atom is -0.300 e. The maximum absolute atomic E-state index is 14.8. The smallest absolute Gasteiger partial charge is 0.188 e. The zero-order valence-electron chi connectivity index (χ0n) is 16.1. The molecule has 0 unspecified atom stereocenters. The average molecular weight is 441 g/mol. The highest BCUT2D eigenvalue weighted by molar-refractivity contribution is 7.92. The van der Waals surface area contributed by atoms with Gasteiger partial charge in [-0.15, -0.1) is 0 Å². The molecule has 0 saturated heterocycles. The van der Waals surface area contributed by atoms with E-state index in [1.807, 2.05) is 0 Å². The Morgan fingerprint density at radius 3 is 2.31 bits per heavy atom. The van der Waals surface area contributed by atoms with Gasteiger partial charge < -0.3 is 4.79 Å². The van der Waals surface area contributed by atoms with Crippen LogP contribution in [0, 0.1) is 17.6 Å². The molecule has 3 rings (SSSR count). The summed E-state index contributed by atoms with van der Waals surface area (Å²) in [6.07, 6.45) is 2.50. The summed E-state index contributed by atoms with van der Waals surface area (Å²) in [5.74, 6) is -1.13. The fraction of sp³-hybridized carbons (Fsp3) is 0.409. The molecule has 0 aliphatic heterocycles. The summed E-state index contributed by atoms with van der Waals surface area (Å²) in [5.41, 5.74) is -0.127. The minimum atomic E-state index is -4.02. The molecule has 0 spiro atoms. The SMILES string of the molecule is CC(=O)CCC1CCC(c2cc(F)ccc2F)(S(=O)(=O)c2ccc(Cl)cc2)CC1. The number of rotatable bonds is 6. The summed E-state index contributed by atoms with van der Waals surface area (Å²) in [7, 11) is -4.02. The maximum atomic E-state index is 14.8. The Morgan fingerprint density at radius 2 is 1.72 bits per heavy atom. The number of hydrogen-bond donors (Lipinski definition) is 0. The van der Waals surface area contributed by atoms with Gasteiger partial charge in [-0.3, -0.25) is 0 Å². The van der Waals surface area contributed by atoms with E-state index in [-0.39, 0.29) is 35.0 Å². The first kappa shape index (κ1) is 21.9. The number of ketones is 1. The van der Waals surface area contributed by atoms with E-state index in [4.69, 9.17) is 11.6 Å². The Labute approximate surface area is 175 Å². The molecule has 156 valence electrons. The van der Waals surface area contributed by atoms with Crippen molar-refractivity contribution in [1.29, 1.82) is 0 Å². The maximum Gasteiger partial charge on any atom is 0.188 e. The van der Waals surface area contributed by atoms with Gasteiger partial charge in [0.25, 0.3) is 0 Å². The molecular weight excluding hydrogens is 418 g/mol. The van der Waals surface area contributed by atoms with Crippen LogP contribution in [-0.2, 0) is 19.4 Å². The molecule has 1 aliphatic rings. The van der Waals surface area contributed by atoms with E-state index in [0.717, 1.165) is 18.2 Å². The minimum absolute atomic E-state index is 0.0350. The van der Waals surface area contributed by atoms with Crippen molar-refractivity contribution in [3.63, 3.8) is 0 Å². The topological polar surface area (TPSA) is 51.2 Å². The molecule has 2 aromatic rings. The molecule has 0 amide bonds. The Kier molecular flexibility index (Phi) is 6.44. The lowest BCUT2D eigenvalue weighted by Gasteiger charge is -2.40. The highest BCUT2D eigenvalue weighted by atomic mass is 35.5. The summed E-state index contributed by atoms with van der Waals surface area (Å²) >= 11 is 5.89. The number of carbonyl (C=O) groups excluding carboxylic acids is 1. The van der Waals surface area contributed by atoms with E-state index >= 15 is 0 Å². The Morgan fingerprint density at radius 1 is 1.10 bits per heavy atom. The van der Waals surface area contributed by atoms with E-state index in [2.05, 4.69) is 0 Å². The van der Waals surface area contributed by atoms with Crippen LogP contribution in [0.2, 0.25) is 5.02 Å². The summed E-state index contributed by atoms with van der Waals surface area (Å²) in [6, 6.07) is 8.71. The first-order valence-corrected chi connectivity index (χ1v) is 11.5. The molecule has 0 radical (unpaired) electrons. The van der Waals surface area contributed by atoms with Gasteiger partial charge in [0, 0.05) is 17.0 Å². The van der Waals surface area contributed by atoms with Crippen molar-refractivity contribution in [2.45, 2.75) is 55.1 Å². The molecule has 2 aromatic carbocycles. The van der Waals surface area contributed by atoms with E-state index in [9.17, 15) is 22.0 Å². The number of Topliss-reactive ketones (excluding diaryl/α,β-unsaturated/α-hetero) is 1. The average Bonchev–Trinajstić information content (AvgIpc) is 2.69. The molecule has 0 atom stereocenters. The number of sulfone groups is 1. The van der Waals surface area contributed by atoms with E-state index in [1.165, 1.54) is 31.2 Å². The predicted molar refractivity (Wildman–Crippen MR) is 109 cm³/mol. The molecule has 7 heteroatoms. The summed E-state index contributed by atoms with van der Waals surface area (Å²) < 4.78 is 54.5. The van der Waals surface area contributed by atoms with E-state index < -0.39 is 26.2 Å². The van der Waals surface area contributed by atoms with Crippen LogP contribution in [0.3, 0.4) is 0 Å². The van der Waals surface area contributed by atoms with Crippen molar-refractivity contribution in [2.24, 2.45) is 5.92 Å². The monoisotopic (exact) mass is 440 g/mol. The van der Waals surface area contributed by atoms with Gasteiger partial charge in [-0.1, -0.05) is 11.6 Å². The Bertz CT molecular complexity index is 995. The summed E-state index contributed by atoms with van der Waals surface area (Å²) in [5, 5.41) is 0.392. The molecule has 0 bridgehead atoms. The van der Waals surface area contributed by atoms with Gasteiger partial charge in [0.2, 0.25) is 0 Å². The molecule has 3 nitrogen and oxygen atoms in total. The van der Waals surface area contributed by atoms with Crippen molar-refractivity contribution in [1.82, 2.24) is 0 Å². The molecule has 1 fully saturated rings. The van der Waals surface area contributed by atoms with Gasteiger partial charge in [0.15, 0.2) is 9.84 Å². The first-order valence-electron chi connectivity index (χ1n) is 9.61. The number of benzene rings is 2. The van der Waals surface area contributed by atoms with Gasteiger partial charge in [0.1, 0.15) is 22.2 Å². The quantitative estimate of drug-likeness (QED) is 0.566.